The quantitative estimate of drug-likeness (QED) is 0.745. The molecule has 0 N–H and O–H groups in total. The van der Waals surface area contributed by atoms with Crippen molar-refractivity contribution in [2.75, 3.05) is 0 Å². The molecular weight excluding hydrogens is 229 g/mol. The molecule has 1 aromatic heterocycles. The largest absolute Gasteiger partial charge is 0.488 e. The third-order valence-corrected chi connectivity index (χ3v) is 2.88. The Morgan fingerprint density at radius 1 is 1.31 bits per heavy atom. The molecule has 0 radical (unpaired) electrons. The number of fused-ring (bicyclic) bond motifs is 1. The molecule has 0 aliphatic heterocycles. The van der Waals surface area contributed by atoms with Crippen LogP contribution in [0.1, 0.15) is 12.8 Å². The summed E-state index contributed by atoms with van der Waals surface area (Å²) < 4.78 is 18.8. The Hall–Kier alpha value is -1.35. The molecule has 1 aliphatic carbocycles. The van der Waals surface area contributed by atoms with E-state index < -0.39 is 0 Å². The van der Waals surface area contributed by atoms with Crippen molar-refractivity contribution in [3.63, 3.8) is 0 Å². The van der Waals surface area contributed by atoms with Crippen LogP contribution in [0.25, 0.3) is 10.8 Å². The van der Waals surface area contributed by atoms with Crippen LogP contribution in [0.3, 0.4) is 0 Å². The molecule has 4 heteroatoms. The van der Waals surface area contributed by atoms with Gasteiger partial charge in [0.1, 0.15) is 16.7 Å². The molecule has 0 unspecified atom stereocenters. The van der Waals surface area contributed by atoms with Crippen LogP contribution in [-0.2, 0) is 0 Å². The smallest absolute Gasteiger partial charge is 0.145 e. The van der Waals surface area contributed by atoms with Crippen molar-refractivity contribution in [1.29, 1.82) is 0 Å². The molecule has 1 fully saturated rings. The molecule has 82 valence electrons. The van der Waals surface area contributed by atoms with Gasteiger partial charge in [0, 0.05) is 10.8 Å². The molecule has 0 saturated heterocycles. The summed E-state index contributed by atoms with van der Waals surface area (Å²) in [7, 11) is 0. The highest BCUT2D eigenvalue weighted by atomic mass is 35.5. The summed E-state index contributed by atoms with van der Waals surface area (Å²) in [6.07, 6.45) is 4.04. The highest BCUT2D eigenvalue weighted by Gasteiger charge is 2.24. The van der Waals surface area contributed by atoms with Gasteiger partial charge < -0.3 is 4.74 Å². The summed E-state index contributed by atoms with van der Waals surface area (Å²) in [6, 6.07) is 4.46. The molecular formula is C12H9ClFNO. The van der Waals surface area contributed by atoms with E-state index >= 15 is 0 Å². The van der Waals surface area contributed by atoms with E-state index in [1.807, 2.05) is 0 Å². The first-order valence-corrected chi connectivity index (χ1v) is 5.52. The summed E-state index contributed by atoms with van der Waals surface area (Å²) in [6.45, 7) is 0. The Bertz CT molecular complexity index is 554. The van der Waals surface area contributed by atoms with Crippen molar-refractivity contribution in [1.82, 2.24) is 4.98 Å². The molecule has 1 aromatic carbocycles. The van der Waals surface area contributed by atoms with Crippen LogP contribution in [-0.4, -0.2) is 11.1 Å². The van der Waals surface area contributed by atoms with E-state index in [-0.39, 0.29) is 11.9 Å². The molecule has 0 amide bonds. The minimum atomic E-state index is -0.320. The summed E-state index contributed by atoms with van der Waals surface area (Å²) in [5, 5.41) is 1.71. The monoisotopic (exact) mass is 237 g/mol. The van der Waals surface area contributed by atoms with Gasteiger partial charge in [-0.15, -0.1) is 0 Å². The zero-order chi connectivity index (χ0) is 11.1. The lowest BCUT2D eigenvalue weighted by Crippen LogP contribution is -1.97. The van der Waals surface area contributed by atoms with Crippen molar-refractivity contribution < 1.29 is 9.13 Å². The van der Waals surface area contributed by atoms with Crippen LogP contribution in [0.5, 0.6) is 5.75 Å². The Morgan fingerprint density at radius 3 is 2.88 bits per heavy atom. The van der Waals surface area contributed by atoms with Gasteiger partial charge in [-0.1, -0.05) is 11.6 Å². The van der Waals surface area contributed by atoms with Gasteiger partial charge in [-0.05, 0) is 31.0 Å². The van der Waals surface area contributed by atoms with E-state index in [0.29, 0.717) is 16.3 Å². The first-order valence-electron chi connectivity index (χ1n) is 5.14. The van der Waals surface area contributed by atoms with Crippen LogP contribution < -0.4 is 4.74 Å². The van der Waals surface area contributed by atoms with Gasteiger partial charge in [0.2, 0.25) is 0 Å². The molecule has 0 bridgehead atoms. The number of benzene rings is 1. The molecule has 16 heavy (non-hydrogen) atoms. The number of hydrogen-bond acceptors (Lipinski definition) is 2. The number of halogens is 2. The Kier molecular flexibility index (Phi) is 2.21. The van der Waals surface area contributed by atoms with E-state index in [4.69, 9.17) is 16.3 Å². The van der Waals surface area contributed by atoms with Gasteiger partial charge in [0.05, 0.1) is 12.3 Å². The van der Waals surface area contributed by atoms with Crippen LogP contribution in [0, 0.1) is 5.82 Å². The van der Waals surface area contributed by atoms with Crippen LogP contribution in [0.4, 0.5) is 4.39 Å². The second-order valence-electron chi connectivity index (χ2n) is 3.92. The number of rotatable bonds is 2. The molecule has 1 saturated carbocycles. The highest BCUT2D eigenvalue weighted by molar-refractivity contribution is 6.34. The van der Waals surface area contributed by atoms with Gasteiger partial charge in [0.25, 0.3) is 0 Å². The Morgan fingerprint density at radius 2 is 2.12 bits per heavy atom. The van der Waals surface area contributed by atoms with E-state index in [1.54, 1.807) is 12.3 Å². The maximum absolute atomic E-state index is 13.1. The fraction of sp³-hybridized carbons (Fsp3) is 0.250. The maximum atomic E-state index is 13.1. The SMILES string of the molecule is Fc1ccc2c(OC3CC3)cnc(Cl)c2c1. The number of pyridine rings is 1. The first kappa shape index (κ1) is 9.85. The van der Waals surface area contributed by atoms with Crippen LogP contribution >= 0.6 is 11.6 Å². The number of ether oxygens (including phenoxy) is 1. The average molecular weight is 238 g/mol. The fourth-order valence-electron chi connectivity index (χ4n) is 1.62. The predicted molar refractivity (Wildman–Crippen MR) is 60.4 cm³/mol. The minimum absolute atomic E-state index is 0.288. The second-order valence-corrected chi connectivity index (χ2v) is 4.28. The van der Waals surface area contributed by atoms with E-state index in [2.05, 4.69) is 4.98 Å². The number of aromatic nitrogens is 1. The fourth-order valence-corrected chi connectivity index (χ4v) is 1.82. The molecule has 3 rings (SSSR count). The van der Waals surface area contributed by atoms with Gasteiger partial charge in [-0.2, -0.15) is 0 Å². The van der Waals surface area contributed by atoms with Gasteiger partial charge in [-0.3, -0.25) is 0 Å². The minimum Gasteiger partial charge on any atom is -0.488 e. The predicted octanol–water partition coefficient (Wildman–Crippen LogP) is 3.57. The molecule has 1 aliphatic rings. The topological polar surface area (TPSA) is 22.1 Å². The van der Waals surface area contributed by atoms with Gasteiger partial charge in [0.15, 0.2) is 0 Å². The van der Waals surface area contributed by atoms with Crippen molar-refractivity contribution in [2.24, 2.45) is 0 Å². The van der Waals surface area contributed by atoms with Crippen molar-refractivity contribution in [2.45, 2.75) is 18.9 Å². The standard InChI is InChI=1S/C12H9ClFNO/c13-12-10-5-7(14)1-4-9(10)11(6-15-12)16-8-2-3-8/h1,4-6,8H,2-3H2. The Labute approximate surface area is 97.0 Å². The lowest BCUT2D eigenvalue weighted by molar-refractivity contribution is 0.306. The van der Waals surface area contributed by atoms with Crippen LogP contribution in [0.15, 0.2) is 24.4 Å². The maximum Gasteiger partial charge on any atom is 0.145 e. The summed E-state index contributed by atoms with van der Waals surface area (Å²) in [5.41, 5.74) is 0. The molecule has 1 heterocycles. The zero-order valence-electron chi connectivity index (χ0n) is 8.41. The lowest BCUT2D eigenvalue weighted by atomic mass is 10.1. The number of hydrogen-bond donors (Lipinski definition) is 0. The first-order chi connectivity index (χ1) is 7.74. The molecule has 2 nitrogen and oxygen atoms in total. The summed E-state index contributed by atoms with van der Waals surface area (Å²) in [4.78, 5) is 4.00. The van der Waals surface area contributed by atoms with E-state index in [1.165, 1.54) is 12.1 Å². The van der Waals surface area contributed by atoms with E-state index in [0.717, 1.165) is 18.2 Å². The van der Waals surface area contributed by atoms with Crippen molar-refractivity contribution in [3.05, 3.63) is 35.4 Å². The Balaban J connectivity index is 2.17. The number of nitrogens with zero attached hydrogens (tertiary/aromatic N) is 1. The highest BCUT2D eigenvalue weighted by Crippen LogP contribution is 2.34. The third-order valence-electron chi connectivity index (χ3n) is 2.58. The van der Waals surface area contributed by atoms with Crippen LogP contribution in [0.2, 0.25) is 5.15 Å². The van der Waals surface area contributed by atoms with Crippen molar-refractivity contribution in [3.8, 4) is 5.75 Å². The summed E-state index contributed by atoms with van der Waals surface area (Å²) in [5.74, 6) is 0.363. The van der Waals surface area contributed by atoms with Gasteiger partial charge in [-0.25, -0.2) is 9.37 Å². The third kappa shape index (κ3) is 1.71. The normalized spacial score (nSPS) is 15.4. The van der Waals surface area contributed by atoms with Crippen molar-refractivity contribution >= 4 is 22.4 Å². The average Bonchev–Trinajstić information content (AvgIpc) is 3.06. The molecule has 0 spiro atoms. The second kappa shape index (κ2) is 3.59. The summed E-state index contributed by atoms with van der Waals surface area (Å²) >= 11 is 5.92. The van der Waals surface area contributed by atoms with E-state index in [9.17, 15) is 4.39 Å². The van der Waals surface area contributed by atoms with Gasteiger partial charge >= 0.3 is 0 Å². The molecule has 2 aromatic rings. The zero-order valence-corrected chi connectivity index (χ0v) is 9.17. The molecule has 0 atom stereocenters. The lowest BCUT2D eigenvalue weighted by Gasteiger charge is -2.08.